The zero-order chi connectivity index (χ0) is 23.2. The second-order valence-electron chi connectivity index (χ2n) is 6.88. The molecule has 3 heterocycles. The number of hydrogen-bond donors (Lipinski definition) is 3. The number of aromatic amines is 1. The van der Waals surface area contributed by atoms with Gasteiger partial charge in [0.05, 0.1) is 24.7 Å². The number of carboxylic acids is 1. The molecule has 0 aliphatic rings. The van der Waals surface area contributed by atoms with Crippen LogP contribution < -0.4 is 5.73 Å². The highest BCUT2D eigenvalue weighted by molar-refractivity contribution is 6.02. The standard InChI is InChI=1S/C18H15F3N8O3/c1-28-11-5-8(15(22)32)4-9(10(11)7-23-28)16-24-17(26-25-16)12-6-13(18(19,20)21)27-29(12)3-2-14(30)31/h4-7H,2-3H2,1H3,(H2,22,32)(H,30,31)(H,24,25,26). The van der Waals surface area contributed by atoms with Gasteiger partial charge < -0.3 is 10.8 Å². The fourth-order valence-electron chi connectivity index (χ4n) is 3.19. The van der Waals surface area contributed by atoms with Gasteiger partial charge in [-0.3, -0.25) is 24.1 Å². The topological polar surface area (TPSA) is 158 Å². The van der Waals surface area contributed by atoms with E-state index in [1.807, 2.05) is 0 Å². The fraction of sp³-hybridized carbons (Fsp3) is 0.222. The molecule has 1 amide bonds. The quantitative estimate of drug-likeness (QED) is 0.406. The zero-order valence-electron chi connectivity index (χ0n) is 16.4. The summed E-state index contributed by atoms with van der Waals surface area (Å²) < 4.78 is 41.9. The molecule has 166 valence electrons. The average Bonchev–Trinajstić information content (AvgIpc) is 3.43. The lowest BCUT2D eigenvalue weighted by molar-refractivity contribution is -0.141. The number of carbonyl (C=O) groups excluding carboxylic acids is 1. The Morgan fingerprint density at radius 2 is 2.00 bits per heavy atom. The van der Waals surface area contributed by atoms with Gasteiger partial charge >= 0.3 is 12.1 Å². The summed E-state index contributed by atoms with van der Waals surface area (Å²) in [5.41, 5.74) is 5.27. The van der Waals surface area contributed by atoms with Crippen LogP contribution in [-0.4, -0.2) is 51.7 Å². The van der Waals surface area contributed by atoms with Crippen molar-refractivity contribution in [2.75, 3.05) is 0 Å². The largest absolute Gasteiger partial charge is 0.481 e. The minimum Gasteiger partial charge on any atom is -0.481 e. The third-order valence-corrected chi connectivity index (χ3v) is 4.73. The molecule has 0 aliphatic carbocycles. The van der Waals surface area contributed by atoms with Gasteiger partial charge in [0.15, 0.2) is 17.3 Å². The van der Waals surface area contributed by atoms with E-state index in [-0.39, 0.29) is 29.5 Å². The lowest BCUT2D eigenvalue weighted by Gasteiger charge is -2.04. The Kier molecular flexibility index (Phi) is 4.91. The van der Waals surface area contributed by atoms with Crippen molar-refractivity contribution in [3.05, 3.63) is 35.7 Å². The van der Waals surface area contributed by atoms with Crippen LogP contribution in [0, 0.1) is 0 Å². The first-order valence-corrected chi connectivity index (χ1v) is 9.10. The number of nitrogens with two attached hydrogens (primary N) is 1. The SMILES string of the molecule is Cn1ncc2c(-c3nc(-c4cc(C(F)(F)F)nn4CCC(=O)O)n[nH]3)cc(C(N)=O)cc21. The van der Waals surface area contributed by atoms with Crippen molar-refractivity contribution in [1.82, 2.24) is 34.7 Å². The molecule has 0 aliphatic heterocycles. The predicted octanol–water partition coefficient (Wildman–Crippen LogP) is 1.81. The highest BCUT2D eigenvalue weighted by Gasteiger charge is 2.35. The minimum absolute atomic E-state index is 0.116. The molecule has 1 aromatic carbocycles. The number of nitrogens with one attached hydrogen (secondary N) is 1. The van der Waals surface area contributed by atoms with E-state index in [0.29, 0.717) is 16.5 Å². The predicted molar refractivity (Wildman–Crippen MR) is 103 cm³/mol. The Morgan fingerprint density at radius 3 is 2.66 bits per heavy atom. The van der Waals surface area contributed by atoms with Gasteiger partial charge in [-0.1, -0.05) is 0 Å². The van der Waals surface area contributed by atoms with Crippen LogP contribution in [0.25, 0.3) is 33.8 Å². The van der Waals surface area contributed by atoms with Crippen LogP contribution in [0.5, 0.6) is 0 Å². The van der Waals surface area contributed by atoms with Crippen molar-refractivity contribution in [2.24, 2.45) is 12.8 Å². The number of fused-ring (bicyclic) bond motifs is 1. The van der Waals surface area contributed by atoms with Crippen molar-refractivity contribution in [1.29, 1.82) is 0 Å². The van der Waals surface area contributed by atoms with Crippen molar-refractivity contribution in [3.63, 3.8) is 0 Å². The summed E-state index contributed by atoms with van der Waals surface area (Å²) in [6, 6.07) is 3.77. The first-order chi connectivity index (χ1) is 15.0. The number of hydrogen-bond acceptors (Lipinski definition) is 6. The first kappa shape index (κ1) is 21.0. The molecular weight excluding hydrogens is 433 g/mol. The van der Waals surface area contributed by atoms with Gasteiger partial charge in [-0.2, -0.15) is 28.5 Å². The van der Waals surface area contributed by atoms with E-state index >= 15 is 0 Å². The second-order valence-corrected chi connectivity index (χ2v) is 6.88. The summed E-state index contributed by atoms with van der Waals surface area (Å²) in [5.74, 6) is -1.86. The lowest BCUT2D eigenvalue weighted by atomic mass is 10.1. The van der Waals surface area contributed by atoms with Crippen molar-refractivity contribution < 1.29 is 27.9 Å². The number of nitrogens with zero attached hydrogens (tertiary/aromatic N) is 6. The molecule has 0 unspecified atom stereocenters. The summed E-state index contributed by atoms with van der Waals surface area (Å²) in [4.78, 5) is 26.9. The van der Waals surface area contributed by atoms with Crippen molar-refractivity contribution in [2.45, 2.75) is 19.1 Å². The molecule has 4 rings (SSSR count). The molecule has 0 spiro atoms. The van der Waals surface area contributed by atoms with E-state index in [4.69, 9.17) is 10.8 Å². The number of amides is 1. The highest BCUT2D eigenvalue weighted by atomic mass is 19.4. The van der Waals surface area contributed by atoms with E-state index in [1.165, 1.54) is 16.9 Å². The number of carboxylic acid groups (broad SMARTS) is 1. The molecule has 3 aromatic heterocycles. The molecular formula is C18H15F3N8O3. The minimum atomic E-state index is -4.74. The number of benzene rings is 1. The molecule has 0 fully saturated rings. The highest BCUT2D eigenvalue weighted by Crippen LogP contribution is 2.33. The summed E-state index contributed by atoms with van der Waals surface area (Å²) in [6.45, 7) is -0.311. The van der Waals surface area contributed by atoms with Crippen LogP contribution >= 0.6 is 0 Å². The van der Waals surface area contributed by atoms with Crippen LogP contribution in [0.15, 0.2) is 24.4 Å². The molecule has 0 radical (unpaired) electrons. The van der Waals surface area contributed by atoms with E-state index in [9.17, 15) is 22.8 Å². The number of aryl methyl sites for hydroxylation is 2. The number of primary amides is 1. The number of rotatable bonds is 6. The lowest BCUT2D eigenvalue weighted by Crippen LogP contribution is -2.11. The van der Waals surface area contributed by atoms with E-state index in [0.717, 1.165) is 10.7 Å². The Labute approximate surface area is 176 Å². The maximum atomic E-state index is 13.2. The third kappa shape index (κ3) is 3.77. The second kappa shape index (κ2) is 7.47. The summed E-state index contributed by atoms with van der Waals surface area (Å²) in [5, 5.41) is 23.7. The summed E-state index contributed by atoms with van der Waals surface area (Å²) >= 11 is 0. The molecule has 0 atom stereocenters. The summed E-state index contributed by atoms with van der Waals surface area (Å²) in [7, 11) is 1.67. The van der Waals surface area contributed by atoms with E-state index in [2.05, 4.69) is 25.4 Å². The summed E-state index contributed by atoms with van der Waals surface area (Å²) in [6.07, 6.45) is -3.64. The molecule has 4 aromatic rings. The molecule has 4 N–H and O–H groups in total. The number of H-pyrrole nitrogens is 1. The molecule has 0 saturated carbocycles. The third-order valence-electron chi connectivity index (χ3n) is 4.73. The van der Waals surface area contributed by atoms with Crippen molar-refractivity contribution >= 4 is 22.8 Å². The Balaban J connectivity index is 1.82. The van der Waals surface area contributed by atoms with Gasteiger partial charge in [0.25, 0.3) is 0 Å². The number of alkyl halides is 3. The first-order valence-electron chi connectivity index (χ1n) is 9.10. The maximum Gasteiger partial charge on any atom is 0.435 e. The number of aliphatic carboxylic acids is 1. The van der Waals surface area contributed by atoms with Gasteiger partial charge in [0.2, 0.25) is 5.91 Å². The molecule has 0 saturated heterocycles. The number of halogens is 3. The monoisotopic (exact) mass is 448 g/mol. The van der Waals surface area contributed by atoms with Gasteiger partial charge in [0, 0.05) is 23.6 Å². The Bertz CT molecular complexity index is 1350. The Morgan fingerprint density at radius 1 is 1.25 bits per heavy atom. The van der Waals surface area contributed by atoms with Crippen LogP contribution in [0.2, 0.25) is 0 Å². The van der Waals surface area contributed by atoms with E-state index < -0.39 is 30.2 Å². The fourth-order valence-corrected chi connectivity index (χ4v) is 3.19. The molecule has 32 heavy (non-hydrogen) atoms. The normalized spacial score (nSPS) is 11.9. The van der Waals surface area contributed by atoms with E-state index in [1.54, 1.807) is 13.1 Å². The van der Waals surface area contributed by atoms with Crippen LogP contribution in [0.1, 0.15) is 22.5 Å². The smallest absolute Gasteiger partial charge is 0.435 e. The van der Waals surface area contributed by atoms with Gasteiger partial charge in [-0.05, 0) is 18.2 Å². The van der Waals surface area contributed by atoms with Crippen LogP contribution in [0.4, 0.5) is 13.2 Å². The zero-order valence-corrected chi connectivity index (χ0v) is 16.4. The maximum absolute atomic E-state index is 13.2. The average molecular weight is 448 g/mol. The molecule has 0 bridgehead atoms. The van der Waals surface area contributed by atoms with Crippen LogP contribution in [0.3, 0.4) is 0 Å². The molecule has 14 heteroatoms. The van der Waals surface area contributed by atoms with Gasteiger partial charge in [-0.25, -0.2) is 4.98 Å². The van der Waals surface area contributed by atoms with Gasteiger partial charge in [0.1, 0.15) is 5.69 Å². The van der Waals surface area contributed by atoms with Crippen molar-refractivity contribution in [3.8, 4) is 22.9 Å². The Hall–Kier alpha value is -4.23. The number of aromatic nitrogens is 7. The number of carbonyl (C=O) groups is 2. The van der Waals surface area contributed by atoms with Crippen LogP contribution in [-0.2, 0) is 24.6 Å². The van der Waals surface area contributed by atoms with Gasteiger partial charge in [-0.15, -0.1) is 0 Å². The molecule has 11 nitrogen and oxygen atoms in total.